The Morgan fingerprint density at radius 2 is 2.00 bits per heavy atom. The summed E-state index contributed by atoms with van der Waals surface area (Å²) < 4.78 is 0. The Kier molecular flexibility index (Phi) is 3.58. The molecule has 1 aliphatic carbocycles. The van der Waals surface area contributed by atoms with Crippen LogP contribution in [0, 0.1) is 17.8 Å². The van der Waals surface area contributed by atoms with Gasteiger partial charge in [-0.05, 0) is 43.9 Å². The molecule has 0 amide bonds. The van der Waals surface area contributed by atoms with Crippen LogP contribution >= 0.6 is 0 Å². The molecule has 1 rings (SSSR count). The molecule has 0 saturated heterocycles. The molecule has 1 aliphatic rings. The van der Waals surface area contributed by atoms with Crippen LogP contribution in [0.15, 0.2) is 11.1 Å². The summed E-state index contributed by atoms with van der Waals surface area (Å²) in [5.41, 5.74) is 3.45. The highest BCUT2D eigenvalue weighted by atomic mass is 14.3. The Labute approximate surface area is 83.4 Å². The van der Waals surface area contributed by atoms with E-state index in [1.807, 2.05) is 0 Å². The zero-order valence-corrected chi connectivity index (χ0v) is 9.85. The van der Waals surface area contributed by atoms with Gasteiger partial charge in [-0.2, -0.15) is 0 Å². The standard InChI is InChI=1S/C13H24/c1-6-9(2)13-8-7-10(3)11(4)12(13)5/h9-11H,6-8H2,1-5H3. The third-order valence-corrected chi connectivity index (χ3v) is 4.12. The maximum Gasteiger partial charge on any atom is -0.0206 e. The Bertz CT molecular complexity index is 200. The van der Waals surface area contributed by atoms with E-state index in [1.54, 1.807) is 11.1 Å². The molecular weight excluding hydrogens is 156 g/mol. The number of allylic oxidation sites excluding steroid dienone is 2. The average molecular weight is 180 g/mol. The molecule has 0 saturated carbocycles. The van der Waals surface area contributed by atoms with E-state index < -0.39 is 0 Å². The summed E-state index contributed by atoms with van der Waals surface area (Å²) in [5.74, 6) is 2.53. The molecule has 0 aromatic carbocycles. The molecule has 0 spiro atoms. The van der Waals surface area contributed by atoms with Crippen molar-refractivity contribution in [2.45, 2.75) is 53.9 Å². The van der Waals surface area contributed by atoms with Crippen molar-refractivity contribution in [3.8, 4) is 0 Å². The molecule has 0 heterocycles. The predicted octanol–water partition coefficient (Wildman–Crippen LogP) is 4.42. The third-order valence-electron chi connectivity index (χ3n) is 4.12. The number of hydrogen-bond acceptors (Lipinski definition) is 0. The topological polar surface area (TPSA) is 0 Å². The van der Waals surface area contributed by atoms with Crippen molar-refractivity contribution < 1.29 is 0 Å². The summed E-state index contributed by atoms with van der Waals surface area (Å²) in [6.45, 7) is 11.8. The predicted molar refractivity (Wildman–Crippen MR) is 59.7 cm³/mol. The summed E-state index contributed by atoms with van der Waals surface area (Å²) in [7, 11) is 0. The summed E-state index contributed by atoms with van der Waals surface area (Å²) in [6, 6.07) is 0. The SMILES string of the molecule is CCC(C)C1=C(C)C(C)C(C)CC1. The van der Waals surface area contributed by atoms with Crippen LogP contribution in [0.4, 0.5) is 0 Å². The van der Waals surface area contributed by atoms with Crippen molar-refractivity contribution in [3.05, 3.63) is 11.1 Å². The molecule has 3 atom stereocenters. The van der Waals surface area contributed by atoms with E-state index in [-0.39, 0.29) is 0 Å². The maximum absolute atomic E-state index is 2.39. The molecule has 0 heteroatoms. The van der Waals surface area contributed by atoms with E-state index in [4.69, 9.17) is 0 Å². The highest BCUT2D eigenvalue weighted by Crippen LogP contribution is 2.37. The Hall–Kier alpha value is -0.260. The van der Waals surface area contributed by atoms with Gasteiger partial charge in [0.1, 0.15) is 0 Å². The van der Waals surface area contributed by atoms with Crippen molar-refractivity contribution >= 4 is 0 Å². The van der Waals surface area contributed by atoms with Crippen LogP contribution in [0.1, 0.15) is 53.9 Å². The van der Waals surface area contributed by atoms with E-state index in [9.17, 15) is 0 Å². The molecule has 0 aliphatic heterocycles. The molecule has 0 bridgehead atoms. The average Bonchev–Trinajstić information content (AvgIpc) is 2.13. The Morgan fingerprint density at radius 3 is 2.54 bits per heavy atom. The minimum Gasteiger partial charge on any atom is -0.0708 e. The lowest BCUT2D eigenvalue weighted by atomic mass is 9.74. The van der Waals surface area contributed by atoms with Gasteiger partial charge >= 0.3 is 0 Å². The molecule has 0 aromatic heterocycles. The first-order chi connectivity index (χ1) is 6.07. The number of rotatable bonds is 2. The fourth-order valence-corrected chi connectivity index (χ4v) is 2.43. The molecule has 0 nitrogen and oxygen atoms in total. The van der Waals surface area contributed by atoms with Crippen molar-refractivity contribution in [2.75, 3.05) is 0 Å². The van der Waals surface area contributed by atoms with E-state index in [2.05, 4.69) is 34.6 Å². The minimum atomic E-state index is 0.815. The van der Waals surface area contributed by atoms with Gasteiger partial charge in [-0.1, -0.05) is 38.8 Å². The van der Waals surface area contributed by atoms with E-state index in [1.165, 1.54) is 19.3 Å². The molecule has 13 heavy (non-hydrogen) atoms. The van der Waals surface area contributed by atoms with Crippen LogP contribution in [-0.2, 0) is 0 Å². The van der Waals surface area contributed by atoms with Gasteiger partial charge in [0.05, 0.1) is 0 Å². The van der Waals surface area contributed by atoms with Gasteiger partial charge in [-0.3, -0.25) is 0 Å². The van der Waals surface area contributed by atoms with E-state index in [0.717, 1.165) is 17.8 Å². The molecule has 3 unspecified atom stereocenters. The zero-order valence-electron chi connectivity index (χ0n) is 9.85. The van der Waals surface area contributed by atoms with Gasteiger partial charge in [0.15, 0.2) is 0 Å². The lowest BCUT2D eigenvalue weighted by Crippen LogP contribution is -2.19. The third kappa shape index (κ3) is 2.15. The second-order valence-electron chi connectivity index (χ2n) is 4.82. The second kappa shape index (κ2) is 4.30. The maximum atomic E-state index is 2.39. The minimum absolute atomic E-state index is 0.815. The fraction of sp³-hybridized carbons (Fsp3) is 0.846. The second-order valence-corrected chi connectivity index (χ2v) is 4.82. The van der Waals surface area contributed by atoms with Crippen LogP contribution in [0.2, 0.25) is 0 Å². The van der Waals surface area contributed by atoms with Gasteiger partial charge in [-0.25, -0.2) is 0 Å². The van der Waals surface area contributed by atoms with Crippen molar-refractivity contribution in [1.82, 2.24) is 0 Å². The molecule has 0 aromatic rings. The first kappa shape index (κ1) is 10.8. The van der Waals surface area contributed by atoms with Crippen molar-refractivity contribution in [1.29, 1.82) is 0 Å². The summed E-state index contributed by atoms with van der Waals surface area (Å²) in [5, 5.41) is 0. The zero-order chi connectivity index (χ0) is 10.0. The summed E-state index contributed by atoms with van der Waals surface area (Å²) in [6.07, 6.45) is 4.05. The van der Waals surface area contributed by atoms with Gasteiger partial charge < -0.3 is 0 Å². The summed E-state index contributed by atoms with van der Waals surface area (Å²) in [4.78, 5) is 0. The van der Waals surface area contributed by atoms with Gasteiger partial charge in [-0.15, -0.1) is 0 Å². The highest BCUT2D eigenvalue weighted by molar-refractivity contribution is 5.20. The molecule has 76 valence electrons. The molecule has 0 fully saturated rings. The van der Waals surface area contributed by atoms with Gasteiger partial charge in [0, 0.05) is 0 Å². The first-order valence-electron chi connectivity index (χ1n) is 5.77. The van der Waals surface area contributed by atoms with Crippen molar-refractivity contribution in [2.24, 2.45) is 17.8 Å². The van der Waals surface area contributed by atoms with E-state index in [0.29, 0.717) is 0 Å². The summed E-state index contributed by atoms with van der Waals surface area (Å²) >= 11 is 0. The Balaban J connectivity index is 2.83. The van der Waals surface area contributed by atoms with Gasteiger partial charge in [0.2, 0.25) is 0 Å². The Morgan fingerprint density at radius 1 is 1.38 bits per heavy atom. The van der Waals surface area contributed by atoms with Gasteiger partial charge in [0.25, 0.3) is 0 Å². The fourth-order valence-electron chi connectivity index (χ4n) is 2.43. The smallest absolute Gasteiger partial charge is 0.0206 e. The molecule has 0 radical (unpaired) electrons. The first-order valence-corrected chi connectivity index (χ1v) is 5.77. The monoisotopic (exact) mass is 180 g/mol. The lowest BCUT2D eigenvalue weighted by Gasteiger charge is -2.32. The largest absolute Gasteiger partial charge is 0.0708 e. The van der Waals surface area contributed by atoms with Crippen LogP contribution in [0.25, 0.3) is 0 Å². The number of hydrogen-bond donors (Lipinski definition) is 0. The van der Waals surface area contributed by atoms with Crippen LogP contribution in [0.3, 0.4) is 0 Å². The molecular formula is C13H24. The van der Waals surface area contributed by atoms with Crippen LogP contribution < -0.4 is 0 Å². The van der Waals surface area contributed by atoms with Crippen LogP contribution in [0.5, 0.6) is 0 Å². The lowest BCUT2D eigenvalue weighted by molar-refractivity contribution is 0.366. The van der Waals surface area contributed by atoms with Crippen molar-refractivity contribution in [3.63, 3.8) is 0 Å². The normalized spacial score (nSPS) is 32.1. The quantitative estimate of drug-likeness (QED) is 0.552. The highest BCUT2D eigenvalue weighted by Gasteiger charge is 2.24. The molecule has 0 N–H and O–H groups in total. The van der Waals surface area contributed by atoms with E-state index >= 15 is 0 Å². The van der Waals surface area contributed by atoms with Crippen LogP contribution in [-0.4, -0.2) is 0 Å².